The number of rotatable bonds is 3. The molecule has 21 heavy (non-hydrogen) atoms. The average molecular weight is 337 g/mol. The Morgan fingerprint density at radius 3 is 2.14 bits per heavy atom. The second-order valence-electron chi connectivity index (χ2n) is 4.30. The molecule has 0 aliphatic rings. The van der Waals surface area contributed by atoms with E-state index in [2.05, 4.69) is 15.5 Å². The zero-order valence-corrected chi connectivity index (χ0v) is 13.0. The molecule has 0 aliphatic heterocycles. The zero-order valence-electron chi connectivity index (χ0n) is 10.7. The lowest BCUT2D eigenvalue weighted by molar-refractivity contribution is 1.03. The summed E-state index contributed by atoms with van der Waals surface area (Å²) in [6.45, 7) is 0. The van der Waals surface area contributed by atoms with Gasteiger partial charge in [0.05, 0.1) is 5.69 Å². The van der Waals surface area contributed by atoms with E-state index < -0.39 is 0 Å². The van der Waals surface area contributed by atoms with Gasteiger partial charge in [0.1, 0.15) is 0 Å². The predicted octanol–water partition coefficient (Wildman–Crippen LogP) is 4.98. The van der Waals surface area contributed by atoms with Gasteiger partial charge >= 0.3 is 0 Å². The van der Waals surface area contributed by atoms with E-state index in [1.807, 2.05) is 24.3 Å². The van der Waals surface area contributed by atoms with Gasteiger partial charge in [0, 0.05) is 15.7 Å². The number of nitrogens with zero attached hydrogens (tertiary/aromatic N) is 2. The minimum absolute atomic E-state index is 0.494. The first-order valence-corrected chi connectivity index (χ1v) is 7.26. The van der Waals surface area contributed by atoms with E-state index in [0.29, 0.717) is 20.8 Å². The summed E-state index contributed by atoms with van der Waals surface area (Å²) < 4.78 is 2.29. The van der Waals surface area contributed by atoms with E-state index in [1.165, 1.54) is 0 Å². The van der Waals surface area contributed by atoms with Crippen LogP contribution in [0.4, 0.5) is 11.6 Å². The lowest BCUT2D eigenvalue weighted by Gasteiger charge is -2.09. The molecular weight excluding hydrogens is 327 g/mol. The molecular formula is C14H10Cl2N4S. The number of hydrogen-bond acceptors (Lipinski definition) is 3. The summed E-state index contributed by atoms with van der Waals surface area (Å²) in [6.07, 6.45) is 0. The highest BCUT2D eigenvalue weighted by Crippen LogP contribution is 2.21. The first kappa shape index (κ1) is 14.1. The van der Waals surface area contributed by atoms with Gasteiger partial charge in [0.25, 0.3) is 0 Å². The summed E-state index contributed by atoms with van der Waals surface area (Å²) in [5.74, 6) is 0.588. The Kier molecular flexibility index (Phi) is 3.96. The summed E-state index contributed by atoms with van der Waals surface area (Å²) in [5, 5.41) is 11.5. The van der Waals surface area contributed by atoms with Crippen LogP contribution < -0.4 is 5.32 Å². The number of nitrogens with one attached hydrogen (secondary N) is 2. The van der Waals surface area contributed by atoms with E-state index in [1.54, 1.807) is 28.8 Å². The maximum Gasteiger partial charge on any atom is 0.232 e. The molecule has 7 heteroatoms. The molecule has 0 atom stereocenters. The Balaban J connectivity index is 1.99. The minimum atomic E-state index is 0.494. The Hall–Kier alpha value is -1.82. The van der Waals surface area contributed by atoms with Crippen LogP contribution in [0, 0.1) is 4.77 Å². The van der Waals surface area contributed by atoms with Crippen molar-refractivity contribution in [1.29, 1.82) is 0 Å². The van der Waals surface area contributed by atoms with Crippen molar-refractivity contribution >= 4 is 47.1 Å². The number of anilines is 2. The second kappa shape index (κ2) is 5.89. The molecule has 0 aliphatic carbocycles. The smallest absolute Gasteiger partial charge is 0.232 e. The number of aromatic amines is 1. The average Bonchev–Trinajstić information content (AvgIpc) is 2.83. The van der Waals surface area contributed by atoms with Crippen molar-refractivity contribution in [3.63, 3.8) is 0 Å². The van der Waals surface area contributed by atoms with Gasteiger partial charge in [-0.2, -0.15) is 0 Å². The van der Waals surface area contributed by atoms with Gasteiger partial charge in [-0.3, -0.25) is 4.57 Å². The lowest BCUT2D eigenvalue weighted by atomic mass is 10.3. The molecule has 2 N–H and O–H groups in total. The zero-order chi connectivity index (χ0) is 14.8. The number of halogens is 2. The maximum atomic E-state index is 5.91. The molecule has 0 bridgehead atoms. The molecule has 0 spiro atoms. The number of aromatic nitrogens is 3. The van der Waals surface area contributed by atoms with Gasteiger partial charge in [-0.1, -0.05) is 23.2 Å². The summed E-state index contributed by atoms with van der Waals surface area (Å²) in [6, 6.07) is 14.7. The largest absolute Gasteiger partial charge is 0.324 e. The molecule has 0 saturated heterocycles. The molecule has 0 fully saturated rings. The van der Waals surface area contributed by atoms with Crippen LogP contribution in [-0.4, -0.2) is 14.8 Å². The van der Waals surface area contributed by atoms with Crippen molar-refractivity contribution < 1.29 is 0 Å². The van der Waals surface area contributed by atoms with E-state index in [9.17, 15) is 0 Å². The molecule has 2 aromatic carbocycles. The van der Waals surface area contributed by atoms with E-state index in [4.69, 9.17) is 35.4 Å². The van der Waals surface area contributed by atoms with Crippen molar-refractivity contribution in [3.05, 3.63) is 63.3 Å². The Bertz CT molecular complexity index is 806. The fraction of sp³-hybridized carbons (Fsp3) is 0. The third-order valence-corrected chi connectivity index (χ3v) is 3.64. The van der Waals surface area contributed by atoms with Gasteiger partial charge in [-0.25, -0.2) is 5.10 Å². The van der Waals surface area contributed by atoms with Crippen LogP contribution in [0.3, 0.4) is 0 Å². The first-order chi connectivity index (χ1) is 10.1. The fourth-order valence-corrected chi connectivity index (χ4v) is 2.36. The van der Waals surface area contributed by atoms with Gasteiger partial charge in [0.15, 0.2) is 0 Å². The Labute approximate surface area is 136 Å². The Morgan fingerprint density at radius 2 is 1.52 bits per heavy atom. The van der Waals surface area contributed by atoms with Crippen LogP contribution in [0.25, 0.3) is 5.69 Å². The van der Waals surface area contributed by atoms with Crippen molar-refractivity contribution in [3.8, 4) is 5.69 Å². The number of benzene rings is 2. The predicted molar refractivity (Wildman–Crippen MR) is 88.5 cm³/mol. The molecule has 0 amide bonds. The summed E-state index contributed by atoms with van der Waals surface area (Å²) in [4.78, 5) is 0. The van der Waals surface area contributed by atoms with Crippen LogP contribution in [0.1, 0.15) is 0 Å². The molecule has 1 aromatic heterocycles. The molecule has 4 nitrogen and oxygen atoms in total. The van der Waals surface area contributed by atoms with Crippen LogP contribution in [0.2, 0.25) is 10.0 Å². The Morgan fingerprint density at radius 1 is 0.952 bits per heavy atom. The normalized spacial score (nSPS) is 10.6. The molecule has 0 radical (unpaired) electrons. The third kappa shape index (κ3) is 3.10. The summed E-state index contributed by atoms with van der Waals surface area (Å²) in [7, 11) is 0. The van der Waals surface area contributed by atoms with Crippen molar-refractivity contribution in [2.45, 2.75) is 0 Å². The molecule has 1 heterocycles. The highest BCUT2D eigenvalue weighted by atomic mass is 35.5. The lowest BCUT2D eigenvalue weighted by Crippen LogP contribution is -2.01. The summed E-state index contributed by atoms with van der Waals surface area (Å²) >= 11 is 17.1. The second-order valence-corrected chi connectivity index (χ2v) is 5.56. The SMILES string of the molecule is S=c1[nH]nc(Nc2ccc(Cl)cc2)n1-c1ccc(Cl)cc1. The van der Waals surface area contributed by atoms with E-state index in [0.717, 1.165) is 11.4 Å². The molecule has 0 unspecified atom stereocenters. The third-order valence-electron chi connectivity index (χ3n) is 2.86. The molecule has 3 aromatic rings. The van der Waals surface area contributed by atoms with Crippen LogP contribution in [0.5, 0.6) is 0 Å². The van der Waals surface area contributed by atoms with Crippen molar-refractivity contribution in [1.82, 2.24) is 14.8 Å². The quantitative estimate of drug-likeness (QED) is 0.663. The minimum Gasteiger partial charge on any atom is -0.324 e. The molecule has 106 valence electrons. The van der Waals surface area contributed by atoms with E-state index in [-0.39, 0.29) is 0 Å². The van der Waals surface area contributed by atoms with Crippen LogP contribution in [-0.2, 0) is 0 Å². The standard InChI is InChI=1S/C14H10Cl2N4S/c15-9-1-5-11(6-2-9)17-13-18-19-14(21)20(13)12-7-3-10(16)4-8-12/h1-8H,(H,17,18)(H,19,21). The maximum absolute atomic E-state index is 5.91. The topological polar surface area (TPSA) is 45.6 Å². The van der Waals surface area contributed by atoms with Gasteiger partial charge in [-0.15, -0.1) is 5.10 Å². The van der Waals surface area contributed by atoms with Crippen LogP contribution in [0.15, 0.2) is 48.5 Å². The van der Waals surface area contributed by atoms with Gasteiger partial charge < -0.3 is 5.32 Å². The molecule has 0 saturated carbocycles. The van der Waals surface area contributed by atoms with Crippen molar-refractivity contribution in [2.24, 2.45) is 0 Å². The van der Waals surface area contributed by atoms with Crippen LogP contribution >= 0.6 is 35.4 Å². The molecule has 3 rings (SSSR count). The monoisotopic (exact) mass is 336 g/mol. The highest BCUT2D eigenvalue weighted by Gasteiger charge is 2.08. The first-order valence-electron chi connectivity index (χ1n) is 6.09. The highest BCUT2D eigenvalue weighted by molar-refractivity contribution is 7.71. The number of hydrogen-bond donors (Lipinski definition) is 2. The van der Waals surface area contributed by atoms with E-state index >= 15 is 0 Å². The summed E-state index contributed by atoms with van der Waals surface area (Å²) in [5.41, 5.74) is 1.73. The van der Waals surface area contributed by atoms with Gasteiger partial charge in [0.2, 0.25) is 10.7 Å². The van der Waals surface area contributed by atoms with Gasteiger partial charge in [-0.05, 0) is 60.7 Å². The fourth-order valence-electron chi connectivity index (χ4n) is 1.87. The number of H-pyrrole nitrogens is 1. The van der Waals surface area contributed by atoms with Crippen molar-refractivity contribution in [2.75, 3.05) is 5.32 Å².